The minimum absolute atomic E-state index is 0.149. The molecule has 0 atom stereocenters. The molecule has 0 aliphatic carbocycles. The Balaban J connectivity index is 1.86. The molecule has 2 aromatic rings. The molecule has 7 heteroatoms. The van der Waals surface area contributed by atoms with Crippen molar-refractivity contribution in [2.24, 2.45) is 0 Å². The SMILES string of the molecule is Cc1ccccc1NC(=O)NCNS(=O)(=O)c1ccccc1. The number of sulfonamides is 1. The summed E-state index contributed by atoms with van der Waals surface area (Å²) in [6, 6.07) is 14.8. The Bertz CT molecular complexity index is 746. The standard InChI is InChI=1S/C15H17N3O3S/c1-12-7-5-6-10-14(12)18-15(19)16-11-17-22(20,21)13-8-3-2-4-9-13/h2-10,17H,11H2,1H3,(H2,16,18,19). The van der Waals surface area contributed by atoms with E-state index in [4.69, 9.17) is 0 Å². The van der Waals surface area contributed by atoms with Crippen molar-refractivity contribution in [3.05, 3.63) is 60.2 Å². The highest BCUT2D eigenvalue weighted by molar-refractivity contribution is 7.89. The first-order valence-corrected chi connectivity index (χ1v) is 8.12. The van der Waals surface area contributed by atoms with Crippen molar-refractivity contribution >= 4 is 21.7 Å². The molecule has 116 valence electrons. The largest absolute Gasteiger partial charge is 0.324 e. The van der Waals surface area contributed by atoms with Crippen molar-refractivity contribution in [3.8, 4) is 0 Å². The van der Waals surface area contributed by atoms with Crippen LogP contribution in [0, 0.1) is 6.92 Å². The Morgan fingerprint density at radius 2 is 1.64 bits per heavy atom. The van der Waals surface area contributed by atoms with Gasteiger partial charge >= 0.3 is 6.03 Å². The predicted molar refractivity (Wildman–Crippen MR) is 85.0 cm³/mol. The van der Waals surface area contributed by atoms with E-state index in [0.717, 1.165) is 5.56 Å². The molecule has 2 aromatic carbocycles. The lowest BCUT2D eigenvalue weighted by Crippen LogP contribution is -2.39. The summed E-state index contributed by atoms with van der Waals surface area (Å²) in [6.45, 7) is 1.67. The molecule has 0 unspecified atom stereocenters. The van der Waals surface area contributed by atoms with Crippen molar-refractivity contribution in [1.82, 2.24) is 10.0 Å². The number of aryl methyl sites for hydroxylation is 1. The van der Waals surface area contributed by atoms with Crippen molar-refractivity contribution in [1.29, 1.82) is 0 Å². The number of hydrogen-bond acceptors (Lipinski definition) is 3. The number of nitrogens with one attached hydrogen (secondary N) is 3. The lowest BCUT2D eigenvalue weighted by molar-refractivity contribution is 0.252. The molecule has 2 amide bonds. The van der Waals surface area contributed by atoms with Gasteiger partial charge in [0, 0.05) is 5.69 Å². The molecule has 2 rings (SSSR count). The maximum Gasteiger partial charge on any atom is 0.320 e. The summed E-state index contributed by atoms with van der Waals surface area (Å²) in [6.07, 6.45) is 0. The fourth-order valence-corrected chi connectivity index (χ4v) is 2.72. The van der Waals surface area contributed by atoms with Crippen LogP contribution in [0.4, 0.5) is 10.5 Å². The van der Waals surface area contributed by atoms with Crippen LogP contribution in [0.2, 0.25) is 0 Å². The summed E-state index contributed by atoms with van der Waals surface area (Å²) >= 11 is 0. The predicted octanol–water partition coefficient (Wildman–Crippen LogP) is 2.05. The third-order valence-corrected chi connectivity index (χ3v) is 4.38. The van der Waals surface area contributed by atoms with Crippen LogP contribution in [0.3, 0.4) is 0 Å². The Kier molecular flexibility index (Phi) is 5.13. The summed E-state index contributed by atoms with van der Waals surface area (Å²) < 4.78 is 26.2. The molecule has 22 heavy (non-hydrogen) atoms. The monoisotopic (exact) mass is 319 g/mol. The quantitative estimate of drug-likeness (QED) is 0.737. The van der Waals surface area contributed by atoms with Gasteiger partial charge in [0.05, 0.1) is 11.6 Å². The Hall–Kier alpha value is -2.38. The molecule has 0 aromatic heterocycles. The maximum atomic E-state index is 11.9. The van der Waals surface area contributed by atoms with Crippen molar-refractivity contribution in [2.75, 3.05) is 12.0 Å². The average Bonchev–Trinajstić information content (AvgIpc) is 2.50. The lowest BCUT2D eigenvalue weighted by Gasteiger charge is -2.11. The van der Waals surface area contributed by atoms with Gasteiger partial charge in [-0.15, -0.1) is 0 Å². The van der Waals surface area contributed by atoms with Gasteiger partial charge in [-0.05, 0) is 30.7 Å². The van der Waals surface area contributed by atoms with Crippen LogP contribution in [0.25, 0.3) is 0 Å². The van der Waals surface area contributed by atoms with Gasteiger partial charge in [0.1, 0.15) is 0 Å². The zero-order chi connectivity index (χ0) is 16.0. The van der Waals surface area contributed by atoms with Crippen molar-refractivity contribution < 1.29 is 13.2 Å². The summed E-state index contributed by atoms with van der Waals surface area (Å²) in [5, 5.41) is 5.10. The second-order valence-electron chi connectivity index (χ2n) is 4.58. The zero-order valence-corrected chi connectivity index (χ0v) is 12.9. The topological polar surface area (TPSA) is 87.3 Å². The van der Waals surface area contributed by atoms with E-state index in [0.29, 0.717) is 5.69 Å². The Morgan fingerprint density at radius 1 is 1.00 bits per heavy atom. The summed E-state index contributed by atoms with van der Waals surface area (Å²) in [5.74, 6) is 0. The lowest BCUT2D eigenvalue weighted by atomic mass is 10.2. The van der Waals surface area contributed by atoms with Crippen LogP contribution in [-0.2, 0) is 10.0 Å². The maximum absolute atomic E-state index is 11.9. The van der Waals surface area contributed by atoms with Gasteiger partial charge in [-0.2, -0.15) is 4.72 Å². The normalized spacial score (nSPS) is 11.0. The van der Waals surface area contributed by atoms with Crippen LogP contribution in [0.1, 0.15) is 5.56 Å². The van der Waals surface area contributed by atoms with Gasteiger partial charge in [0.2, 0.25) is 10.0 Å². The second kappa shape index (κ2) is 7.06. The van der Waals surface area contributed by atoms with E-state index in [1.165, 1.54) is 12.1 Å². The van der Waals surface area contributed by atoms with E-state index in [2.05, 4.69) is 15.4 Å². The minimum atomic E-state index is -3.63. The van der Waals surface area contributed by atoms with Gasteiger partial charge in [-0.1, -0.05) is 36.4 Å². The van der Waals surface area contributed by atoms with E-state index in [1.807, 2.05) is 19.1 Å². The number of urea groups is 1. The third kappa shape index (κ3) is 4.31. The highest BCUT2D eigenvalue weighted by atomic mass is 32.2. The van der Waals surface area contributed by atoms with E-state index in [9.17, 15) is 13.2 Å². The molecule has 0 saturated heterocycles. The van der Waals surface area contributed by atoms with Crippen molar-refractivity contribution in [3.63, 3.8) is 0 Å². The van der Waals surface area contributed by atoms with Crippen LogP contribution in [0.15, 0.2) is 59.5 Å². The fraction of sp³-hybridized carbons (Fsp3) is 0.133. The van der Waals surface area contributed by atoms with Gasteiger partial charge in [-0.25, -0.2) is 13.2 Å². The number of anilines is 1. The number of rotatable bonds is 5. The van der Waals surface area contributed by atoms with Gasteiger partial charge in [-0.3, -0.25) is 0 Å². The fourth-order valence-electron chi connectivity index (χ4n) is 1.77. The van der Waals surface area contributed by atoms with Crippen LogP contribution >= 0.6 is 0 Å². The second-order valence-corrected chi connectivity index (χ2v) is 6.35. The van der Waals surface area contributed by atoms with Crippen LogP contribution < -0.4 is 15.4 Å². The highest BCUT2D eigenvalue weighted by Gasteiger charge is 2.12. The van der Waals surface area contributed by atoms with E-state index in [-0.39, 0.29) is 11.6 Å². The molecular formula is C15H17N3O3S. The molecule has 0 fully saturated rings. The molecule has 3 N–H and O–H groups in total. The average molecular weight is 319 g/mol. The molecule has 0 aliphatic rings. The first kappa shape index (κ1) is 16.0. The summed E-state index contributed by atoms with van der Waals surface area (Å²) in [7, 11) is -3.63. The number of amides is 2. The van der Waals surface area contributed by atoms with Crippen LogP contribution in [-0.4, -0.2) is 21.1 Å². The van der Waals surface area contributed by atoms with Gasteiger partial charge in [0.15, 0.2) is 0 Å². The molecule has 0 saturated carbocycles. The minimum Gasteiger partial charge on any atom is -0.324 e. The smallest absolute Gasteiger partial charge is 0.320 e. The summed E-state index contributed by atoms with van der Waals surface area (Å²) in [5.41, 5.74) is 1.59. The number of hydrogen-bond donors (Lipinski definition) is 3. The summed E-state index contributed by atoms with van der Waals surface area (Å²) in [4.78, 5) is 11.9. The zero-order valence-electron chi connectivity index (χ0n) is 12.0. The van der Waals surface area contributed by atoms with E-state index in [1.54, 1.807) is 30.3 Å². The molecule has 0 heterocycles. The first-order valence-electron chi connectivity index (χ1n) is 6.64. The Labute approximate surface area is 129 Å². The number of carbonyl (C=O) groups excluding carboxylic acids is 1. The number of benzene rings is 2. The van der Waals surface area contributed by atoms with E-state index < -0.39 is 16.1 Å². The molecule has 0 radical (unpaired) electrons. The van der Waals surface area contributed by atoms with Crippen LogP contribution in [0.5, 0.6) is 0 Å². The van der Waals surface area contributed by atoms with Crippen molar-refractivity contribution in [2.45, 2.75) is 11.8 Å². The molecule has 0 aliphatic heterocycles. The molecule has 0 bridgehead atoms. The van der Waals surface area contributed by atoms with Gasteiger partial charge < -0.3 is 10.6 Å². The molecule has 0 spiro atoms. The third-order valence-electron chi connectivity index (χ3n) is 2.96. The Morgan fingerprint density at radius 3 is 2.32 bits per heavy atom. The van der Waals surface area contributed by atoms with E-state index >= 15 is 0 Å². The van der Waals surface area contributed by atoms with Gasteiger partial charge in [0.25, 0.3) is 0 Å². The molecular weight excluding hydrogens is 302 g/mol. The number of carbonyl (C=O) groups is 1. The first-order chi connectivity index (χ1) is 10.5. The highest BCUT2D eigenvalue weighted by Crippen LogP contribution is 2.12. The molecule has 6 nitrogen and oxygen atoms in total. The number of para-hydroxylation sites is 1.